The number of rotatable bonds is 4. The number of ether oxygens (including phenoxy) is 1. The third-order valence-corrected chi connectivity index (χ3v) is 7.48. The highest BCUT2D eigenvalue weighted by Gasteiger charge is 2.32. The van der Waals surface area contributed by atoms with E-state index in [0.29, 0.717) is 0 Å². The summed E-state index contributed by atoms with van der Waals surface area (Å²) in [5.74, 6) is -1.03. The van der Waals surface area contributed by atoms with Gasteiger partial charge in [0.15, 0.2) is 0 Å². The number of hydrogen-bond donors (Lipinski definition) is 1. The number of aromatic nitrogens is 1. The average molecular weight is 411 g/mol. The second-order valence-electron chi connectivity index (χ2n) is 5.76. The minimum Gasteiger partial charge on any atom is -0.465 e. The SMILES string of the molecule is COC(=O)c1csc(S(=O)(=O)N2CCN(C(=O)c3ccc[nH]c3=O)CC2)c1. The van der Waals surface area contributed by atoms with Crippen LogP contribution in [0.4, 0.5) is 0 Å². The van der Waals surface area contributed by atoms with Gasteiger partial charge in [-0.1, -0.05) is 0 Å². The van der Waals surface area contributed by atoms with Gasteiger partial charge in [-0.05, 0) is 18.2 Å². The Morgan fingerprint density at radius 2 is 1.93 bits per heavy atom. The fraction of sp³-hybridized carbons (Fsp3) is 0.312. The lowest BCUT2D eigenvalue weighted by Gasteiger charge is -2.33. The molecule has 0 saturated carbocycles. The molecule has 1 amide bonds. The lowest BCUT2D eigenvalue weighted by Crippen LogP contribution is -2.51. The lowest BCUT2D eigenvalue weighted by molar-refractivity contribution is 0.0600. The molecule has 3 rings (SSSR count). The van der Waals surface area contributed by atoms with Gasteiger partial charge in [-0.3, -0.25) is 9.59 Å². The van der Waals surface area contributed by atoms with E-state index in [1.165, 1.54) is 40.0 Å². The van der Waals surface area contributed by atoms with Crippen molar-refractivity contribution in [3.8, 4) is 0 Å². The molecule has 0 radical (unpaired) electrons. The molecule has 0 unspecified atom stereocenters. The van der Waals surface area contributed by atoms with Crippen LogP contribution in [0.1, 0.15) is 20.7 Å². The van der Waals surface area contributed by atoms with Gasteiger partial charge in [-0.15, -0.1) is 11.3 Å². The number of piperazine rings is 1. The number of sulfonamides is 1. The molecule has 0 spiro atoms. The Balaban J connectivity index is 1.70. The molecule has 2 aromatic heterocycles. The number of hydrogen-bond acceptors (Lipinski definition) is 7. The summed E-state index contributed by atoms with van der Waals surface area (Å²) in [5, 5.41) is 1.43. The van der Waals surface area contributed by atoms with Gasteiger partial charge < -0.3 is 14.6 Å². The van der Waals surface area contributed by atoms with E-state index in [9.17, 15) is 22.8 Å². The third-order valence-electron chi connectivity index (χ3n) is 4.17. The Morgan fingerprint density at radius 3 is 2.56 bits per heavy atom. The van der Waals surface area contributed by atoms with E-state index in [0.717, 1.165) is 11.3 Å². The zero-order valence-electron chi connectivity index (χ0n) is 14.4. The molecule has 0 aromatic carbocycles. The largest absolute Gasteiger partial charge is 0.465 e. The van der Waals surface area contributed by atoms with Crippen molar-refractivity contribution >= 4 is 33.2 Å². The molecule has 0 atom stereocenters. The van der Waals surface area contributed by atoms with Gasteiger partial charge >= 0.3 is 5.97 Å². The monoisotopic (exact) mass is 411 g/mol. The fourth-order valence-electron chi connectivity index (χ4n) is 2.70. The van der Waals surface area contributed by atoms with Crippen molar-refractivity contribution in [1.29, 1.82) is 0 Å². The summed E-state index contributed by atoms with van der Waals surface area (Å²) in [6.07, 6.45) is 1.44. The first-order chi connectivity index (χ1) is 12.8. The van der Waals surface area contributed by atoms with Crippen molar-refractivity contribution in [3.63, 3.8) is 0 Å². The van der Waals surface area contributed by atoms with E-state index >= 15 is 0 Å². The van der Waals surface area contributed by atoms with Crippen LogP contribution in [0.5, 0.6) is 0 Å². The van der Waals surface area contributed by atoms with Crippen LogP contribution in [0.15, 0.2) is 38.8 Å². The highest BCUT2D eigenvalue weighted by Crippen LogP contribution is 2.25. The fourth-order valence-corrected chi connectivity index (χ4v) is 5.42. The number of nitrogens with one attached hydrogen (secondary N) is 1. The molecule has 1 aliphatic rings. The Labute approximate surface area is 159 Å². The highest BCUT2D eigenvalue weighted by molar-refractivity contribution is 7.91. The molecule has 2 aromatic rings. The zero-order valence-corrected chi connectivity index (χ0v) is 16.0. The van der Waals surface area contributed by atoms with Gasteiger partial charge in [0.25, 0.3) is 21.5 Å². The smallest absolute Gasteiger partial charge is 0.338 e. The minimum absolute atomic E-state index is 0.0229. The molecule has 27 heavy (non-hydrogen) atoms. The van der Waals surface area contributed by atoms with E-state index in [2.05, 4.69) is 9.72 Å². The molecule has 11 heteroatoms. The number of aromatic amines is 1. The van der Waals surface area contributed by atoms with E-state index < -0.39 is 27.5 Å². The van der Waals surface area contributed by atoms with Gasteiger partial charge in [0.1, 0.15) is 9.77 Å². The molecule has 0 bridgehead atoms. The van der Waals surface area contributed by atoms with Crippen molar-refractivity contribution in [2.45, 2.75) is 4.21 Å². The normalized spacial score (nSPS) is 15.5. The van der Waals surface area contributed by atoms with Gasteiger partial charge in [-0.25, -0.2) is 13.2 Å². The molecular weight excluding hydrogens is 394 g/mol. The molecular formula is C16H17N3O6S2. The maximum atomic E-state index is 12.7. The van der Waals surface area contributed by atoms with Crippen molar-refractivity contribution < 1.29 is 22.7 Å². The first kappa shape index (κ1) is 19.3. The van der Waals surface area contributed by atoms with E-state index in [1.54, 1.807) is 6.07 Å². The van der Waals surface area contributed by atoms with Crippen molar-refractivity contribution in [2.75, 3.05) is 33.3 Å². The Morgan fingerprint density at radius 1 is 1.22 bits per heavy atom. The number of methoxy groups -OCH3 is 1. The van der Waals surface area contributed by atoms with Crippen LogP contribution in [0.2, 0.25) is 0 Å². The predicted octanol–water partition coefficient (Wildman–Crippen LogP) is 0.370. The van der Waals surface area contributed by atoms with Crippen LogP contribution >= 0.6 is 11.3 Å². The summed E-state index contributed by atoms with van der Waals surface area (Å²) in [4.78, 5) is 39.6. The van der Waals surface area contributed by atoms with Gasteiger partial charge in [0, 0.05) is 37.8 Å². The number of carbonyl (C=O) groups is 2. The van der Waals surface area contributed by atoms with Crippen molar-refractivity contribution in [2.24, 2.45) is 0 Å². The number of amides is 1. The number of carbonyl (C=O) groups excluding carboxylic acids is 2. The van der Waals surface area contributed by atoms with Crippen LogP contribution in [0.25, 0.3) is 0 Å². The molecule has 0 aliphatic carbocycles. The van der Waals surface area contributed by atoms with Crippen LogP contribution in [0.3, 0.4) is 0 Å². The third kappa shape index (κ3) is 3.80. The minimum atomic E-state index is -3.77. The van der Waals surface area contributed by atoms with Crippen molar-refractivity contribution in [3.05, 3.63) is 51.3 Å². The van der Waals surface area contributed by atoms with Crippen molar-refractivity contribution in [1.82, 2.24) is 14.2 Å². The molecule has 3 heterocycles. The summed E-state index contributed by atoms with van der Waals surface area (Å²) in [7, 11) is -2.54. The molecule has 1 saturated heterocycles. The molecule has 9 nitrogen and oxygen atoms in total. The average Bonchev–Trinajstić information content (AvgIpc) is 3.18. The van der Waals surface area contributed by atoms with E-state index in [-0.39, 0.29) is 41.5 Å². The number of pyridine rings is 1. The topological polar surface area (TPSA) is 117 Å². The molecule has 1 aliphatic heterocycles. The Kier molecular flexibility index (Phi) is 5.44. The first-order valence-corrected chi connectivity index (χ1v) is 10.3. The summed E-state index contributed by atoms with van der Waals surface area (Å²) < 4.78 is 31.4. The summed E-state index contributed by atoms with van der Waals surface area (Å²) in [6.45, 7) is 0.539. The second kappa shape index (κ2) is 7.62. The number of esters is 1. The molecule has 1 fully saturated rings. The maximum Gasteiger partial charge on any atom is 0.338 e. The summed E-state index contributed by atoms with van der Waals surface area (Å²) in [5.41, 5.74) is -0.278. The quantitative estimate of drug-likeness (QED) is 0.727. The molecule has 1 N–H and O–H groups in total. The Hall–Kier alpha value is -2.50. The van der Waals surface area contributed by atoms with Crippen LogP contribution < -0.4 is 5.56 Å². The second-order valence-corrected chi connectivity index (χ2v) is 8.83. The van der Waals surface area contributed by atoms with Gasteiger partial charge in [0.2, 0.25) is 0 Å². The van der Waals surface area contributed by atoms with E-state index in [1.807, 2.05) is 0 Å². The molecule has 144 valence electrons. The number of thiophene rings is 1. The van der Waals surface area contributed by atoms with E-state index in [4.69, 9.17) is 0 Å². The first-order valence-electron chi connectivity index (χ1n) is 7.98. The number of H-pyrrole nitrogens is 1. The standard InChI is InChI=1S/C16H17N3O6S2/c1-25-16(22)11-9-13(26-10-11)27(23,24)19-7-5-18(6-8-19)15(21)12-3-2-4-17-14(12)20/h2-4,9-10H,5-8H2,1H3,(H,17,20). The Bertz CT molecular complexity index is 1020. The van der Waals surface area contributed by atoms with Crippen LogP contribution in [-0.4, -0.2) is 67.8 Å². The van der Waals surface area contributed by atoms with Gasteiger partial charge in [-0.2, -0.15) is 4.31 Å². The maximum absolute atomic E-state index is 12.7. The summed E-state index contributed by atoms with van der Waals surface area (Å²) in [6, 6.07) is 4.28. The number of nitrogens with zero attached hydrogens (tertiary/aromatic N) is 2. The predicted molar refractivity (Wildman–Crippen MR) is 97.4 cm³/mol. The van der Waals surface area contributed by atoms with Crippen LogP contribution in [0, 0.1) is 0 Å². The van der Waals surface area contributed by atoms with Crippen LogP contribution in [-0.2, 0) is 14.8 Å². The highest BCUT2D eigenvalue weighted by atomic mass is 32.2. The van der Waals surface area contributed by atoms with Gasteiger partial charge in [0.05, 0.1) is 12.7 Å². The zero-order chi connectivity index (χ0) is 19.6. The lowest BCUT2D eigenvalue weighted by atomic mass is 10.2. The summed E-state index contributed by atoms with van der Waals surface area (Å²) >= 11 is 0.943.